The number of aliphatic hydroxyl groups excluding tert-OH is 1. The maximum absolute atomic E-state index is 13.1. The first-order chi connectivity index (χ1) is 15.1. The molecule has 1 heterocycles. The Morgan fingerprint density at radius 1 is 1.16 bits per heavy atom. The molecule has 1 N–H and O–H groups in total. The van der Waals surface area contributed by atoms with Crippen molar-refractivity contribution in [2.45, 2.75) is 25.8 Å². The summed E-state index contributed by atoms with van der Waals surface area (Å²) in [6.45, 7) is 5.15. The zero-order valence-corrected chi connectivity index (χ0v) is 19.8. The normalized spacial score (nSPS) is 18.1. The van der Waals surface area contributed by atoms with E-state index in [0.29, 0.717) is 35.3 Å². The van der Waals surface area contributed by atoms with Gasteiger partial charge >= 0.3 is 0 Å². The predicted octanol–water partition coefficient (Wildman–Crippen LogP) is 4.46. The number of rotatable bonds is 7. The van der Waals surface area contributed by atoms with Gasteiger partial charge in [0.05, 0.1) is 23.7 Å². The van der Waals surface area contributed by atoms with Crippen molar-refractivity contribution in [2.75, 3.05) is 34.3 Å². The van der Waals surface area contributed by atoms with E-state index in [-0.39, 0.29) is 11.3 Å². The number of likely N-dealkylation sites (N-methyl/N-ethyl adjacent to an activating group) is 1. The second-order valence-electron chi connectivity index (χ2n) is 8.47. The number of carbonyl (C=O) groups is 2. The molecule has 1 aliphatic heterocycles. The maximum Gasteiger partial charge on any atom is 0.295 e. The Morgan fingerprint density at radius 2 is 1.81 bits per heavy atom. The van der Waals surface area contributed by atoms with Crippen molar-refractivity contribution in [3.63, 3.8) is 0 Å². The highest BCUT2D eigenvalue weighted by Gasteiger charge is 2.45. The summed E-state index contributed by atoms with van der Waals surface area (Å²) in [5, 5.41) is 11.4. The monoisotopic (exact) mass is 456 g/mol. The zero-order chi connectivity index (χ0) is 23.6. The minimum atomic E-state index is -0.703. The third kappa shape index (κ3) is 4.66. The molecular weight excluding hydrogens is 428 g/mol. The van der Waals surface area contributed by atoms with Crippen molar-refractivity contribution in [1.29, 1.82) is 0 Å². The standard InChI is InChI=1S/C25H29ClN2O4/c1-15(2)16-6-8-17(9-7-16)22-21(24(30)25(31)28(22)13-12-27(3)4)23(29)18-10-11-20(32-5)19(26)14-18/h6-11,14-15,22,29H,12-13H2,1-5H3/t22-/m1/s1. The van der Waals surface area contributed by atoms with Crippen molar-refractivity contribution in [3.05, 3.63) is 69.8 Å². The maximum atomic E-state index is 13.1. The van der Waals surface area contributed by atoms with Gasteiger partial charge in [-0.2, -0.15) is 0 Å². The molecule has 0 bridgehead atoms. The molecular formula is C25H29ClN2O4. The summed E-state index contributed by atoms with van der Waals surface area (Å²) in [5.41, 5.74) is 2.34. The highest BCUT2D eigenvalue weighted by Crippen LogP contribution is 2.40. The number of carbonyl (C=O) groups excluding carboxylic acids is 2. The van der Waals surface area contributed by atoms with Crippen LogP contribution in [-0.2, 0) is 9.59 Å². The van der Waals surface area contributed by atoms with Crippen LogP contribution in [0.3, 0.4) is 0 Å². The van der Waals surface area contributed by atoms with Crippen molar-refractivity contribution in [1.82, 2.24) is 9.80 Å². The van der Waals surface area contributed by atoms with Gasteiger partial charge in [-0.15, -0.1) is 0 Å². The molecule has 6 nitrogen and oxygen atoms in total. The minimum Gasteiger partial charge on any atom is -0.507 e. The number of ether oxygens (including phenoxy) is 1. The van der Waals surface area contributed by atoms with Crippen LogP contribution < -0.4 is 4.74 Å². The smallest absolute Gasteiger partial charge is 0.295 e. The molecule has 0 aromatic heterocycles. The number of hydrogen-bond acceptors (Lipinski definition) is 5. The van der Waals surface area contributed by atoms with Crippen molar-refractivity contribution in [3.8, 4) is 5.75 Å². The van der Waals surface area contributed by atoms with E-state index in [1.54, 1.807) is 12.1 Å². The molecule has 3 rings (SSSR count). The molecule has 2 aromatic carbocycles. The summed E-state index contributed by atoms with van der Waals surface area (Å²) < 4.78 is 5.17. The lowest BCUT2D eigenvalue weighted by molar-refractivity contribution is -0.140. The summed E-state index contributed by atoms with van der Waals surface area (Å²) in [4.78, 5) is 29.5. The Morgan fingerprint density at radius 3 is 2.34 bits per heavy atom. The number of Topliss-reactive ketones (excluding diaryl/α,β-unsaturated/α-hetero) is 1. The molecule has 32 heavy (non-hydrogen) atoms. The van der Waals surface area contributed by atoms with Crippen LogP contribution in [0.2, 0.25) is 5.02 Å². The summed E-state index contributed by atoms with van der Waals surface area (Å²) in [6, 6.07) is 11.9. The quantitative estimate of drug-likeness (QED) is 0.378. The third-order valence-corrected chi connectivity index (χ3v) is 5.97. The van der Waals surface area contributed by atoms with Crippen LogP contribution in [0.15, 0.2) is 48.0 Å². The van der Waals surface area contributed by atoms with E-state index < -0.39 is 17.7 Å². The fraction of sp³-hybridized carbons (Fsp3) is 0.360. The number of nitrogens with zero attached hydrogens (tertiary/aromatic N) is 2. The van der Waals surface area contributed by atoms with Gasteiger partial charge in [-0.25, -0.2) is 0 Å². The molecule has 0 saturated carbocycles. The number of halogens is 1. The van der Waals surface area contributed by atoms with Crippen LogP contribution in [0, 0.1) is 0 Å². The number of hydrogen-bond donors (Lipinski definition) is 1. The van der Waals surface area contributed by atoms with Crippen LogP contribution >= 0.6 is 11.6 Å². The molecule has 7 heteroatoms. The van der Waals surface area contributed by atoms with E-state index in [2.05, 4.69) is 13.8 Å². The second-order valence-corrected chi connectivity index (χ2v) is 8.87. The van der Waals surface area contributed by atoms with Crippen LogP contribution in [0.25, 0.3) is 5.76 Å². The van der Waals surface area contributed by atoms with E-state index in [1.165, 1.54) is 18.1 Å². The molecule has 1 amide bonds. The molecule has 0 radical (unpaired) electrons. The number of likely N-dealkylation sites (tertiary alicyclic amines) is 1. The lowest BCUT2D eigenvalue weighted by Gasteiger charge is -2.27. The first kappa shape index (κ1) is 23.8. The van der Waals surface area contributed by atoms with Gasteiger partial charge in [0.2, 0.25) is 0 Å². The van der Waals surface area contributed by atoms with Gasteiger partial charge in [-0.3, -0.25) is 9.59 Å². The first-order valence-corrected chi connectivity index (χ1v) is 10.9. The van der Waals surface area contributed by atoms with Crippen LogP contribution in [-0.4, -0.2) is 60.9 Å². The van der Waals surface area contributed by atoms with Crippen LogP contribution in [0.5, 0.6) is 5.75 Å². The minimum absolute atomic E-state index is 0.0623. The molecule has 0 spiro atoms. The molecule has 0 aliphatic carbocycles. The van der Waals surface area contributed by atoms with Gasteiger partial charge in [-0.05, 0) is 49.3 Å². The Bertz CT molecular complexity index is 1040. The highest BCUT2D eigenvalue weighted by atomic mass is 35.5. The van der Waals surface area contributed by atoms with Crippen molar-refractivity contribution >= 4 is 29.1 Å². The Balaban J connectivity index is 2.14. The first-order valence-electron chi connectivity index (χ1n) is 10.5. The van der Waals surface area contributed by atoms with Gasteiger partial charge in [0, 0.05) is 18.7 Å². The SMILES string of the molecule is COc1ccc(C(O)=C2C(=O)C(=O)N(CCN(C)C)[C@@H]2c2ccc(C(C)C)cc2)cc1Cl. The summed E-state index contributed by atoms with van der Waals surface area (Å²) in [5.74, 6) is -0.767. The molecule has 1 aliphatic rings. The number of amides is 1. The van der Waals surface area contributed by atoms with E-state index >= 15 is 0 Å². The topological polar surface area (TPSA) is 70.1 Å². The fourth-order valence-corrected chi connectivity index (χ4v) is 4.06. The second kappa shape index (κ2) is 9.76. The Labute approximate surface area is 194 Å². The summed E-state index contributed by atoms with van der Waals surface area (Å²) in [7, 11) is 5.31. The number of benzene rings is 2. The van der Waals surface area contributed by atoms with Gasteiger partial charge < -0.3 is 19.6 Å². The van der Waals surface area contributed by atoms with Crippen molar-refractivity contribution < 1.29 is 19.4 Å². The number of methoxy groups -OCH3 is 1. The Kier molecular flexibility index (Phi) is 7.26. The van der Waals surface area contributed by atoms with Crippen LogP contribution in [0.1, 0.15) is 42.5 Å². The van der Waals surface area contributed by atoms with Crippen molar-refractivity contribution in [2.24, 2.45) is 0 Å². The lowest BCUT2D eigenvalue weighted by Crippen LogP contribution is -2.35. The fourth-order valence-electron chi connectivity index (χ4n) is 3.80. The number of ketones is 1. The molecule has 1 atom stereocenters. The average Bonchev–Trinajstić information content (AvgIpc) is 3.01. The van der Waals surface area contributed by atoms with Gasteiger partial charge in [0.25, 0.3) is 11.7 Å². The van der Waals surface area contributed by atoms with E-state index in [4.69, 9.17) is 16.3 Å². The molecule has 1 saturated heterocycles. The summed E-state index contributed by atoms with van der Waals surface area (Å²) >= 11 is 6.23. The van der Waals surface area contributed by atoms with E-state index in [0.717, 1.165) is 11.1 Å². The lowest BCUT2D eigenvalue weighted by atomic mass is 9.93. The largest absolute Gasteiger partial charge is 0.507 e. The Hall–Kier alpha value is -2.83. The molecule has 0 unspecified atom stereocenters. The van der Waals surface area contributed by atoms with E-state index in [1.807, 2.05) is 43.3 Å². The summed E-state index contributed by atoms with van der Waals surface area (Å²) in [6.07, 6.45) is 0. The highest BCUT2D eigenvalue weighted by molar-refractivity contribution is 6.46. The zero-order valence-electron chi connectivity index (χ0n) is 19.1. The molecule has 1 fully saturated rings. The van der Waals surface area contributed by atoms with Gasteiger partial charge in [-0.1, -0.05) is 49.7 Å². The molecule has 170 valence electrons. The average molecular weight is 457 g/mol. The predicted molar refractivity (Wildman–Crippen MR) is 126 cm³/mol. The number of aliphatic hydroxyl groups is 1. The van der Waals surface area contributed by atoms with E-state index in [9.17, 15) is 14.7 Å². The molecule has 2 aromatic rings. The van der Waals surface area contributed by atoms with Gasteiger partial charge in [0.1, 0.15) is 11.5 Å². The van der Waals surface area contributed by atoms with Crippen LogP contribution in [0.4, 0.5) is 0 Å². The van der Waals surface area contributed by atoms with Gasteiger partial charge in [0.15, 0.2) is 0 Å². The third-order valence-electron chi connectivity index (χ3n) is 5.67.